The largest absolute Gasteiger partial charge is 0.320 e. The van der Waals surface area contributed by atoms with Gasteiger partial charge in [0.1, 0.15) is 0 Å². The topological polar surface area (TPSA) is 72.2 Å². The Balaban J connectivity index is 2.33. The molecule has 21 heavy (non-hydrogen) atoms. The third-order valence-electron chi connectivity index (χ3n) is 2.87. The van der Waals surface area contributed by atoms with E-state index in [4.69, 9.17) is 11.6 Å². The van der Waals surface area contributed by atoms with Gasteiger partial charge in [-0.3, -0.25) is 14.9 Å². The third-order valence-corrected chi connectivity index (χ3v) is 3.85. The van der Waals surface area contributed by atoms with Crippen LogP contribution in [0.25, 0.3) is 0 Å². The Morgan fingerprint density at radius 2 is 2.05 bits per heavy atom. The molecule has 1 amide bonds. The fourth-order valence-corrected chi connectivity index (χ4v) is 2.43. The maximum Gasteiger partial charge on any atom is 0.284 e. The first-order valence-electron chi connectivity index (χ1n) is 5.90. The second kappa shape index (κ2) is 6.24. The van der Waals surface area contributed by atoms with Crippen LogP contribution in [0, 0.1) is 17.0 Å². The summed E-state index contributed by atoms with van der Waals surface area (Å²) >= 11 is 9.11. The number of carbonyl (C=O) groups excluding carboxylic acids is 1. The van der Waals surface area contributed by atoms with Gasteiger partial charge in [-0.2, -0.15) is 0 Å². The lowest BCUT2D eigenvalue weighted by Gasteiger charge is -2.10. The van der Waals surface area contributed by atoms with Crippen molar-refractivity contribution in [1.29, 1.82) is 0 Å². The number of anilines is 1. The van der Waals surface area contributed by atoms with Crippen molar-refractivity contribution >= 4 is 44.8 Å². The van der Waals surface area contributed by atoms with E-state index in [1.165, 1.54) is 18.2 Å². The molecule has 0 saturated carbocycles. The Morgan fingerprint density at radius 3 is 2.67 bits per heavy atom. The molecule has 0 spiro atoms. The molecule has 0 heterocycles. The summed E-state index contributed by atoms with van der Waals surface area (Å²) in [5.41, 5.74) is 1.32. The highest BCUT2D eigenvalue weighted by atomic mass is 79.9. The van der Waals surface area contributed by atoms with Crippen LogP contribution < -0.4 is 5.32 Å². The predicted molar refractivity (Wildman–Crippen MR) is 84.9 cm³/mol. The number of nitrogens with one attached hydrogen (secondary N) is 1. The highest BCUT2D eigenvalue weighted by Crippen LogP contribution is 2.28. The summed E-state index contributed by atoms with van der Waals surface area (Å²) in [7, 11) is 0. The number of aryl methyl sites for hydroxylation is 1. The Labute approximate surface area is 134 Å². The molecule has 0 atom stereocenters. The van der Waals surface area contributed by atoms with E-state index >= 15 is 0 Å². The van der Waals surface area contributed by atoms with Gasteiger partial charge in [0.2, 0.25) is 0 Å². The van der Waals surface area contributed by atoms with Crippen molar-refractivity contribution in [3.8, 4) is 0 Å². The lowest BCUT2D eigenvalue weighted by atomic mass is 10.1. The molecule has 0 aliphatic heterocycles. The summed E-state index contributed by atoms with van der Waals surface area (Å²) in [4.78, 5) is 22.5. The molecule has 0 bridgehead atoms. The molecule has 0 fully saturated rings. The fourth-order valence-electron chi connectivity index (χ4n) is 1.77. The number of rotatable bonds is 3. The monoisotopic (exact) mass is 368 g/mol. The van der Waals surface area contributed by atoms with Crippen LogP contribution in [0.4, 0.5) is 11.4 Å². The van der Waals surface area contributed by atoms with Crippen molar-refractivity contribution in [1.82, 2.24) is 0 Å². The summed E-state index contributed by atoms with van der Waals surface area (Å²) < 4.78 is 0.318. The van der Waals surface area contributed by atoms with Crippen LogP contribution >= 0.6 is 27.5 Å². The first-order valence-corrected chi connectivity index (χ1v) is 7.07. The van der Waals surface area contributed by atoms with E-state index in [1.54, 1.807) is 12.1 Å². The van der Waals surface area contributed by atoms with Crippen LogP contribution in [0.5, 0.6) is 0 Å². The van der Waals surface area contributed by atoms with Crippen LogP contribution in [0.15, 0.2) is 40.9 Å². The second-order valence-electron chi connectivity index (χ2n) is 4.31. The van der Waals surface area contributed by atoms with Crippen LogP contribution in [0.3, 0.4) is 0 Å². The summed E-state index contributed by atoms with van der Waals surface area (Å²) in [6.07, 6.45) is 0. The molecule has 108 valence electrons. The minimum absolute atomic E-state index is 0.168. The minimum atomic E-state index is -0.554. The standard InChI is InChI=1S/C14H10BrClN2O3/c1-8-3-2-4-11(16)13(8)17-14(19)9-5-6-10(15)12(7-9)18(20)21/h2-7H,1H3,(H,17,19). The minimum Gasteiger partial charge on any atom is -0.320 e. The zero-order chi connectivity index (χ0) is 15.6. The number of nitro groups is 1. The van der Waals surface area contributed by atoms with Gasteiger partial charge < -0.3 is 5.32 Å². The Morgan fingerprint density at radius 1 is 1.33 bits per heavy atom. The molecule has 0 radical (unpaired) electrons. The number of para-hydroxylation sites is 1. The van der Waals surface area contributed by atoms with Crippen molar-refractivity contribution in [2.45, 2.75) is 6.92 Å². The van der Waals surface area contributed by atoms with Crippen molar-refractivity contribution < 1.29 is 9.72 Å². The fraction of sp³-hybridized carbons (Fsp3) is 0.0714. The molecule has 2 aromatic carbocycles. The van der Waals surface area contributed by atoms with Gasteiger partial charge in [0.05, 0.1) is 20.1 Å². The lowest BCUT2D eigenvalue weighted by molar-refractivity contribution is -0.385. The molecule has 2 rings (SSSR count). The average Bonchev–Trinajstić information content (AvgIpc) is 2.43. The highest BCUT2D eigenvalue weighted by Gasteiger charge is 2.17. The second-order valence-corrected chi connectivity index (χ2v) is 5.57. The van der Waals surface area contributed by atoms with Crippen molar-refractivity contribution in [3.05, 3.63) is 67.1 Å². The number of nitro benzene ring substituents is 1. The summed E-state index contributed by atoms with van der Waals surface area (Å²) in [5, 5.41) is 14.0. The molecule has 1 N–H and O–H groups in total. The number of hydrogen-bond donors (Lipinski definition) is 1. The van der Waals surface area contributed by atoms with Gasteiger partial charge in [-0.05, 0) is 46.6 Å². The number of halogens is 2. The third kappa shape index (κ3) is 3.40. The number of amides is 1. The van der Waals surface area contributed by atoms with E-state index in [0.717, 1.165) is 5.56 Å². The molecule has 0 aliphatic rings. The van der Waals surface area contributed by atoms with Crippen molar-refractivity contribution in [2.24, 2.45) is 0 Å². The Kier molecular flexibility index (Phi) is 4.59. The smallest absolute Gasteiger partial charge is 0.284 e. The molecular weight excluding hydrogens is 360 g/mol. The van der Waals surface area contributed by atoms with E-state index in [-0.39, 0.29) is 11.3 Å². The average molecular weight is 370 g/mol. The molecule has 0 unspecified atom stereocenters. The molecular formula is C14H10BrClN2O3. The van der Waals surface area contributed by atoms with Crippen LogP contribution in [0.1, 0.15) is 15.9 Å². The van der Waals surface area contributed by atoms with Gasteiger partial charge in [-0.1, -0.05) is 23.7 Å². The van der Waals surface area contributed by atoms with Gasteiger partial charge in [0.25, 0.3) is 11.6 Å². The van der Waals surface area contributed by atoms with E-state index in [1.807, 2.05) is 13.0 Å². The van der Waals surface area contributed by atoms with Crippen LogP contribution in [-0.4, -0.2) is 10.8 Å². The van der Waals surface area contributed by atoms with Gasteiger partial charge in [-0.25, -0.2) is 0 Å². The van der Waals surface area contributed by atoms with E-state index in [9.17, 15) is 14.9 Å². The van der Waals surface area contributed by atoms with Crippen molar-refractivity contribution in [3.63, 3.8) is 0 Å². The van der Waals surface area contributed by atoms with E-state index in [0.29, 0.717) is 15.2 Å². The maximum atomic E-state index is 12.2. The summed E-state index contributed by atoms with van der Waals surface area (Å²) in [6, 6.07) is 9.42. The predicted octanol–water partition coefficient (Wildman–Crippen LogP) is 4.57. The molecule has 7 heteroatoms. The number of carbonyl (C=O) groups is 1. The normalized spacial score (nSPS) is 10.2. The number of nitrogens with zero attached hydrogens (tertiary/aromatic N) is 1. The molecule has 2 aromatic rings. The maximum absolute atomic E-state index is 12.2. The van der Waals surface area contributed by atoms with Gasteiger partial charge in [0, 0.05) is 11.6 Å². The van der Waals surface area contributed by atoms with Crippen LogP contribution in [0.2, 0.25) is 5.02 Å². The first kappa shape index (κ1) is 15.5. The number of hydrogen-bond acceptors (Lipinski definition) is 3. The first-order chi connectivity index (χ1) is 9.90. The molecule has 0 aromatic heterocycles. The quantitative estimate of drug-likeness (QED) is 0.636. The van der Waals surface area contributed by atoms with E-state index in [2.05, 4.69) is 21.2 Å². The van der Waals surface area contributed by atoms with Gasteiger partial charge in [-0.15, -0.1) is 0 Å². The SMILES string of the molecule is Cc1cccc(Cl)c1NC(=O)c1ccc(Br)c([N+](=O)[O-])c1. The zero-order valence-corrected chi connectivity index (χ0v) is 13.2. The summed E-state index contributed by atoms with van der Waals surface area (Å²) in [6.45, 7) is 1.81. The molecule has 0 saturated heterocycles. The van der Waals surface area contributed by atoms with Crippen LogP contribution in [-0.2, 0) is 0 Å². The van der Waals surface area contributed by atoms with Gasteiger partial charge in [0.15, 0.2) is 0 Å². The molecule has 5 nitrogen and oxygen atoms in total. The van der Waals surface area contributed by atoms with E-state index < -0.39 is 10.8 Å². The van der Waals surface area contributed by atoms with Crippen molar-refractivity contribution in [2.75, 3.05) is 5.32 Å². The lowest BCUT2D eigenvalue weighted by Crippen LogP contribution is -2.13. The summed E-state index contributed by atoms with van der Waals surface area (Å²) in [5.74, 6) is -0.457. The number of benzene rings is 2. The Hall–Kier alpha value is -1.92. The highest BCUT2D eigenvalue weighted by molar-refractivity contribution is 9.10. The van der Waals surface area contributed by atoms with Gasteiger partial charge >= 0.3 is 0 Å². The molecule has 0 aliphatic carbocycles. The Bertz CT molecular complexity index is 714. The zero-order valence-electron chi connectivity index (χ0n) is 10.9.